The third kappa shape index (κ3) is 4.92. The van der Waals surface area contributed by atoms with Crippen LogP contribution in [0.15, 0.2) is 24.3 Å². The van der Waals surface area contributed by atoms with Crippen LogP contribution in [0.4, 0.5) is 0 Å². The molecule has 1 aliphatic rings. The summed E-state index contributed by atoms with van der Waals surface area (Å²) in [5, 5.41) is 3.08. The number of nitrogens with zero attached hydrogens (tertiary/aromatic N) is 2. The summed E-state index contributed by atoms with van der Waals surface area (Å²) in [6, 6.07) is 5.38. The predicted molar refractivity (Wildman–Crippen MR) is 99.6 cm³/mol. The third-order valence-electron chi connectivity index (χ3n) is 3.94. The van der Waals surface area contributed by atoms with Crippen molar-refractivity contribution in [2.75, 3.05) is 39.3 Å². The topological polar surface area (TPSA) is 59.1 Å². The molecule has 0 radical (unpaired) electrons. The molecule has 2 rings (SSSR count). The van der Waals surface area contributed by atoms with E-state index in [9.17, 15) is 9.59 Å². The van der Waals surface area contributed by atoms with Gasteiger partial charge in [0.15, 0.2) is 0 Å². The van der Waals surface area contributed by atoms with Gasteiger partial charge in [-0.2, -0.15) is 11.8 Å². The van der Waals surface area contributed by atoms with Gasteiger partial charge in [-0.1, -0.05) is 0 Å². The van der Waals surface area contributed by atoms with Gasteiger partial charge in [0.2, 0.25) is 5.91 Å². The molecule has 1 saturated heterocycles. The number of methoxy groups -OCH3 is 2. The third-order valence-corrected chi connectivity index (χ3v) is 4.55. The van der Waals surface area contributed by atoms with E-state index in [0.717, 1.165) is 17.7 Å². The summed E-state index contributed by atoms with van der Waals surface area (Å²) in [7, 11) is 3.16. The Morgan fingerprint density at radius 1 is 1.20 bits per heavy atom. The molecule has 0 saturated carbocycles. The van der Waals surface area contributed by atoms with Crippen LogP contribution in [-0.2, 0) is 9.59 Å². The smallest absolute Gasteiger partial charge is 0.265 e. The molecule has 136 valence electrons. The minimum atomic E-state index is -0.208. The maximum atomic E-state index is 12.5. The quantitative estimate of drug-likeness (QED) is 0.696. The first-order valence-electron chi connectivity index (χ1n) is 8.11. The summed E-state index contributed by atoms with van der Waals surface area (Å²) < 4.78 is 10.5. The van der Waals surface area contributed by atoms with E-state index in [1.165, 1.54) is 11.1 Å². The monoisotopic (exact) mass is 364 g/mol. The van der Waals surface area contributed by atoms with Gasteiger partial charge in [0.05, 0.1) is 14.2 Å². The molecule has 0 unspecified atom stereocenters. The Labute approximate surface area is 152 Å². The van der Waals surface area contributed by atoms with Gasteiger partial charge < -0.3 is 9.47 Å². The van der Waals surface area contributed by atoms with Crippen molar-refractivity contribution in [3.8, 4) is 11.5 Å². The van der Waals surface area contributed by atoms with Gasteiger partial charge >= 0.3 is 0 Å². The fourth-order valence-corrected chi connectivity index (χ4v) is 3.01. The molecule has 2 amide bonds. The standard InChI is InChI=1S/C18H24N2O4S/c1-23-15-6-7-16(24-2)14(13-15)5-8-17(21)19-10-4-11-20(19)18(22)9-12-25-3/h5-8,13H,4,9-12H2,1-3H3. The van der Waals surface area contributed by atoms with Crippen LogP contribution in [0.5, 0.6) is 11.5 Å². The van der Waals surface area contributed by atoms with Gasteiger partial charge in [0.1, 0.15) is 11.5 Å². The Balaban J connectivity index is 2.10. The molecule has 1 aliphatic heterocycles. The maximum absolute atomic E-state index is 12.5. The predicted octanol–water partition coefficient (Wildman–Crippen LogP) is 2.45. The lowest BCUT2D eigenvalue weighted by Gasteiger charge is -2.26. The first-order valence-corrected chi connectivity index (χ1v) is 9.51. The highest BCUT2D eigenvalue weighted by Gasteiger charge is 2.28. The van der Waals surface area contributed by atoms with E-state index in [1.807, 2.05) is 6.26 Å². The molecular formula is C18H24N2O4S. The lowest BCUT2D eigenvalue weighted by molar-refractivity contribution is -0.154. The van der Waals surface area contributed by atoms with Gasteiger partial charge in [-0.15, -0.1) is 0 Å². The average Bonchev–Trinajstić information content (AvgIpc) is 3.13. The molecule has 6 nitrogen and oxygen atoms in total. The summed E-state index contributed by atoms with van der Waals surface area (Å²) in [6.45, 7) is 1.15. The SMILES string of the molecule is COc1ccc(OC)c(C=CC(=O)N2CCCN2C(=O)CCSC)c1. The van der Waals surface area contributed by atoms with E-state index in [1.54, 1.807) is 55.3 Å². The fraction of sp³-hybridized carbons (Fsp3) is 0.444. The number of rotatable bonds is 7. The summed E-state index contributed by atoms with van der Waals surface area (Å²) in [6.07, 6.45) is 6.36. The van der Waals surface area contributed by atoms with Crippen LogP contribution in [0.3, 0.4) is 0 Å². The Bertz CT molecular complexity index is 648. The van der Waals surface area contributed by atoms with E-state index >= 15 is 0 Å². The van der Waals surface area contributed by atoms with Crippen LogP contribution in [0, 0.1) is 0 Å². The minimum Gasteiger partial charge on any atom is -0.497 e. The van der Waals surface area contributed by atoms with Crippen molar-refractivity contribution in [3.63, 3.8) is 0 Å². The van der Waals surface area contributed by atoms with Crippen molar-refractivity contribution < 1.29 is 19.1 Å². The fourth-order valence-electron chi connectivity index (χ4n) is 2.64. The van der Waals surface area contributed by atoms with Crippen LogP contribution in [-0.4, -0.2) is 61.1 Å². The van der Waals surface area contributed by atoms with E-state index in [-0.39, 0.29) is 11.8 Å². The first kappa shape index (κ1) is 19.2. The normalized spacial score (nSPS) is 14.2. The minimum absolute atomic E-state index is 0.00689. The molecule has 0 N–H and O–H groups in total. The van der Waals surface area contributed by atoms with Gasteiger partial charge in [0.25, 0.3) is 5.91 Å². The summed E-state index contributed by atoms with van der Waals surface area (Å²) in [5.41, 5.74) is 0.745. The van der Waals surface area contributed by atoms with Gasteiger partial charge in [0, 0.05) is 36.9 Å². The summed E-state index contributed by atoms with van der Waals surface area (Å²) >= 11 is 1.62. The van der Waals surface area contributed by atoms with Crippen LogP contribution in [0.2, 0.25) is 0 Å². The number of benzene rings is 1. The van der Waals surface area contributed by atoms with E-state index in [2.05, 4.69) is 0 Å². The molecule has 1 aromatic rings. The number of ether oxygens (including phenoxy) is 2. The zero-order chi connectivity index (χ0) is 18.2. The molecule has 0 bridgehead atoms. The maximum Gasteiger partial charge on any atom is 0.265 e. The molecule has 7 heteroatoms. The highest BCUT2D eigenvalue weighted by molar-refractivity contribution is 7.98. The number of amides is 2. The lowest BCUT2D eigenvalue weighted by Crippen LogP contribution is -2.44. The number of carbonyl (C=O) groups is 2. The van der Waals surface area contributed by atoms with Crippen LogP contribution in [0.1, 0.15) is 18.4 Å². The van der Waals surface area contributed by atoms with Crippen molar-refractivity contribution >= 4 is 29.7 Å². The Morgan fingerprint density at radius 2 is 1.96 bits per heavy atom. The molecule has 1 heterocycles. The van der Waals surface area contributed by atoms with Crippen molar-refractivity contribution in [3.05, 3.63) is 29.8 Å². The zero-order valence-corrected chi connectivity index (χ0v) is 15.7. The number of hydrogen-bond donors (Lipinski definition) is 0. The van der Waals surface area contributed by atoms with Crippen LogP contribution >= 0.6 is 11.8 Å². The molecule has 0 atom stereocenters. The Morgan fingerprint density at radius 3 is 2.64 bits per heavy atom. The van der Waals surface area contributed by atoms with Crippen molar-refractivity contribution in [1.29, 1.82) is 0 Å². The summed E-state index contributed by atoms with van der Waals surface area (Å²) in [5.74, 6) is 1.88. The van der Waals surface area contributed by atoms with E-state index < -0.39 is 0 Å². The second-order valence-electron chi connectivity index (χ2n) is 5.52. The van der Waals surface area contributed by atoms with Gasteiger partial charge in [-0.3, -0.25) is 14.6 Å². The number of carbonyl (C=O) groups excluding carboxylic acids is 2. The number of hydrogen-bond acceptors (Lipinski definition) is 5. The molecule has 25 heavy (non-hydrogen) atoms. The first-order chi connectivity index (χ1) is 12.1. The molecule has 1 aromatic carbocycles. The average molecular weight is 364 g/mol. The second kappa shape index (κ2) is 9.36. The molecule has 1 fully saturated rings. The molecular weight excluding hydrogens is 340 g/mol. The van der Waals surface area contributed by atoms with Gasteiger partial charge in [-0.05, 0) is 37.0 Å². The van der Waals surface area contributed by atoms with E-state index in [0.29, 0.717) is 31.0 Å². The number of hydrazine groups is 1. The molecule has 0 aliphatic carbocycles. The number of thioether (sulfide) groups is 1. The van der Waals surface area contributed by atoms with Gasteiger partial charge in [-0.25, -0.2) is 5.01 Å². The zero-order valence-electron chi connectivity index (χ0n) is 14.9. The van der Waals surface area contributed by atoms with E-state index in [4.69, 9.17) is 9.47 Å². The Kier molecular flexibility index (Phi) is 7.18. The summed E-state index contributed by atoms with van der Waals surface area (Å²) in [4.78, 5) is 24.8. The molecule has 0 spiro atoms. The largest absolute Gasteiger partial charge is 0.497 e. The van der Waals surface area contributed by atoms with Crippen molar-refractivity contribution in [2.24, 2.45) is 0 Å². The molecule has 0 aromatic heterocycles. The van der Waals surface area contributed by atoms with Crippen molar-refractivity contribution in [1.82, 2.24) is 10.0 Å². The van der Waals surface area contributed by atoms with Crippen molar-refractivity contribution in [2.45, 2.75) is 12.8 Å². The van der Waals surface area contributed by atoms with Crippen LogP contribution < -0.4 is 9.47 Å². The van der Waals surface area contributed by atoms with Crippen LogP contribution in [0.25, 0.3) is 6.08 Å². The Hall–Kier alpha value is -2.15. The second-order valence-corrected chi connectivity index (χ2v) is 6.50. The highest BCUT2D eigenvalue weighted by Crippen LogP contribution is 2.25. The lowest BCUT2D eigenvalue weighted by atomic mass is 10.1. The highest BCUT2D eigenvalue weighted by atomic mass is 32.2.